The Kier molecular flexibility index (Phi) is 4.35. The van der Waals surface area contributed by atoms with Gasteiger partial charge in [0.15, 0.2) is 5.03 Å². The number of sulfonamides is 1. The van der Waals surface area contributed by atoms with E-state index >= 15 is 0 Å². The average Bonchev–Trinajstić information content (AvgIpc) is 3.11. The van der Waals surface area contributed by atoms with Crippen molar-refractivity contribution in [1.82, 2.24) is 13.9 Å². The van der Waals surface area contributed by atoms with Crippen LogP contribution >= 0.6 is 0 Å². The Hall–Kier alpha value is -1.22. The summed E-state index contributed by atoms with van der Waals surface area (Å²) in [5, 5.41) is 0.0890. The van der Waals surface area contributed by atoms with Crippen molar-refractivity contribution < 1.29 is 17.9 Å². The van der Waals surface area contributed by atoms with E-state index in [0.29, 0.717) is 19.8 Å². The van der Waals surface area contributed by atoms with Crippen molar-refractivity contribution in [2.75, 3.05) is 19.8 Å². The van der Waals surface area contributed by atoms with Gasteiger partial charge in [0, 0.05) is 19.8 Å². The van der Waals surface area contributed by atoms with E-state index in [0.717, 1.165) is 12.8 Å². The zero-order chi connectivity index (χ0) is 15.7. The molecule has 1 aliphatic carbocycles. The minimum absolute atomic E-state index is 0.0790. The van der Waals surface area contributed by atoms with Gasteiger partial charge in [0.25, 0.3) is 10.0 Å². The monoisotopic (exact) mass is 327 g/mol. The van der Waals surface area contributed by atoms with E-state index in [1.165, 1.54) is 16.8 Å². The number of aromatic nitrogens is 2. The summed E-state index contributed by atoms with van der Waals surface area (Å²) in [6, 6.07) is -0.185. The van der Waals surface area contributed by atoms with Crippen LogP contribution in [0.5, 0.6) is 0 Å². The van der Waals surface area contributed by atoms with Crippen molar-refractivity contribution in [2.24, 2.45) is 7.05 Å². The predicted molar refractivity (Wildman–Crippen MR) is 79.8 cm³/mol. The van der Waals surface area contributed by atoms with Gasteiger partial charge in [-0.1, -0.05) is 6.08 Å². The maximum Gasteiger partial charge on any atom is 0.262 e. The lowest BCUT2D eigenvalue weighted by Gasteiger charge is -2.37. The lowest BCUT2D eigenvalue weighted by Crippen LogP contribution is -2.53. The van der Waals surface area contributed by atoms with Crippen LogP contribution in [0, 0.1) is 0 Å². The molecule has 0 N–H and O–H groups in total. The Labute approximate surface area is 130 Å². The largest absolute Gasteiger partial charge is 0.372 e. The number of rotatable bonds is 5. The fraction of sp³-hybridized carbons (Fsp3) is 0.643. The SMILES string of the molecule is C=CCO[C@@H]1CC[C@H]2[C@H]1OCCN2S(=O)(=O)c1cn(C)cn1. The van der Waals surface area contributed by atoms with Crippen LogP contribution in [0.1, 0.15) is 12.8 Å². The summed E-state index contributed by atoms with van der Waals surface area (Å²) in [4.78, 5) is 3.99. The topological polar surface area (TPSA) is 73.7 Å². The highest BCUT2D eigenvalue weighted by Crippen LogP contribution is 2.34. The van der Waals surface area contributed by atoms with E-state index < -0.39 is 10.0 Å². The van der Waals surface area contributed by atoms with Crippen molar-refractivity contribution in [2.45, 2.75) is 36.1 Å². The molecule has 1 aromatic rings. The van der Waals surface area contributed by atoms with Crippen molar-refractivity contribution in [1.29, 1.82) is 0 Å². The van der Waals surface area contributed by atoms with Crippen LogP contribution < -0.4 is 0 Å². The predicted octanol–water partition coefficient (Wildman–Crippen LogP) is 0.543. The zero-order valence-corrected chi connectivity index (χ0v) is 13.4. The quantitative estimate of drug-likeness (QED) is 0.738. The number of hydrogen-bond acceptors (Lipinski definition) is 5. The molecule has 22 heavy (non-hydrogen) atoms. The van der Waals surface area contributed by atoms with Crippen LogP contribution in [0.4, 0.5) is 0 Å². The van der Waals surface area contributed by atoms with Gasteiger partial charge in [-0.3, -0.25) is 0 Å². The molecule has 2 aliphatic rings. The Bertz CT molecular complexity index is 642. The van der Waals surface area contributed by atoms with E-state index in [4.69, 9.17) is 9.47 Å². The molecule has 0 unspecified atom stereocenters. The fourth-order valence-corrected chi connectivity index (χ4v) is 4.81. The third-order valence-electron chi connectivity index (χ3n) is 4.17. The number of nitrogens with zero attached hydrogens (tertiary/aromatic N) is 3. The maximum absolute atomic E-state index is 12.8. The third-order valence-corrected chi connectivity index (χ3v) is 5.98. The molecule has 0 radical (unpaired) electrons. The Morgan fingerprint density at radius 2 is 2.36 bits per heavy atom. The minimum atomic E-state index is -3.59. The number of ether oxygens (including phenoxy) is 2. The molecule has 0 bridgehead atoms. The number of hydrogen-bond donors (Lipinski definition) is 0. The van der Waals surface area contributed by atoms with Crippen molar-refractivity contribution in [3.8, 4) is 0 Å². The highest BCUT2D eigenvalue weighted by atomic mass is 32.2. The van der Waals surface area contributed by atoms with Crippen molar-refractivity contribution >= 4 is 10.0 Å². The van der Waals surface area contributed by atoms with Crippen molar-refractivity contribution in [3.63, 3.8) is 0 Å². The van der Waals surface area contributed by atoms with Gasteiger partial charge in [0.2, 0.25) is 0 Å². The van der Waals surface area contributed by atoms with Crippen LogP contribution in [-0.2, 0) is 26.5 Å². The molecule has 0 aromatic carbocycles. The lowest BCUT2D eigenvalue weighted by molar-refractivity contribution is -0.0912. The highest BCUT2D eigenvalue weighted by Gasteiger charge is 2.47. The molecule has 0 amide bonds. The van der Waals surface area contributed by atoms with Gasteiger partial charge in [0.05, 0.1) is 31.7 Å². The summed E-state index contributed by atoms with van der Waals surface area (Å²) in [7, 11) is -1.84. The number of morpholine rings is 1. The molecule has 1 saturated carbocycles. The second-order valence-electron chi connectivity index (χ2n) is 5.63. The van der Waals surface area contributed by atoms with E-state index in [-0.39, 0.29) is 23.3 Å². The van der Waals surface area contributed by atoms with Crippen LogP contribution in [0.15, 0.2) is 30.2 Å². The van der Waals surface area contributed by atoms with Gasteiger partial charge in [-0.05, 0) is 12.8 Å². The van der Waals surface area contributed by atoms with Gasteiger partial charge in [-0.15, -0.1) is 6.58 Å². The molecule has 8 heteroatoms. The van der Waals surface area contributed by atoms with E-state index in [1.54, 1.807) is 17.7 Å². The van der Waals surface area contributed by atoms with Gasteiger partial charge >= 0.3 is 0 Å². The minimum Gasteiger partial charge on any atom is -0.372 e. The Balaban J connectivity index is 1.81. The van der Waals surface area contributed by atoms with Crippen molar-refractivity contribution in [3.05, 3.63) is 25.2 Å². The highest BCUT2D eigenvalue weighted by molar-refractivity contribution is 7.89. The first-order chi connectivity index (χ1) is 10.5. The molecule has 3 rings (SSSR count). The molecule has 0 spiro atoms. The van der Waals surface area contributed by atoms with E-state index in [2.05, 4.69) is 11.6 Å². The summed E-state index contributed by atoms with van der Waals surface area (Å²) in [6.07, 6.45) is 5.95. The van der Waals surface area contributed by atoms with Gasteiger partial charge in [-0.25, -0.2) is 13.4 Å². The first-order valence-corrected chi connectivity index (χ1v) is 8.82. The van der Waals surface area contributed by atoms with E-state index in [9.17, 15) is 8.42 Å². The molecule has 1 aromatic heterocycles. The first kappa shape index (κ1) is 15.7. The number of imidazole rings is 1. The molecular formula is C14H21N3O4S. The smallest absolute Gasteiger partial charge is 0.262 e. The molecule has 7 nitrogen and oxygen atoms in total. The molecule has 122 valence electrons. The standard InChI is InChI=1S/C14H21N3O4S/c1-3-7-20-12-5-4-11-14(12)21-8-6-17(11)22(18,19)13-9-16(2)10-15-13/h3,9-12,14H,1,4-8H2,2H3/t11-,12+,14+/m0/s1. The third kappa shape index (κ3) is 2.71. The van der Waals surface area contributed by atoms with Gasteiger partial charge in [-0.2, -0.15) is 4.31 Å². The average molecular weight is 327 g/mol. The number of aryl methyl sites for hydroxylation is 1. The molecule has 1 saturated heterocycles. The summed E-state index contributed by atoms with van der Waals surface area (Å²) in [5.74, 6) is 0. The zero-order valence-electron chi connectivity index (χ0n) is 12.6. The lowest BCUT2D eigenvalue weighted by atomic mass is 10.1. The Morgan fingerprint density at radius 3 is 3.05 bits per heavy atom. The van der Waals surface area contributed by atoms with Crippen LogP contribution in [0.25, 0.3) is 0 Å². The Morgan fingerprint density at radius 1 is 1.55 bits per heavy atom. The fourth-order valence-electron chi connectivity index (χ4n) is 3.19. The van der Waals surface area contributed by atoms with Crippen LogP contribution in [0.3, 0.4) is 0 Å². The second kappa shape index (κ2) is 6.11. The first-order valence-electron chi connectivity index (χ1n) is 7.38. The summed E-state index contributed by atoms with van der Waals surface area (Å²) >= 11 is 0. The van der Waals surface area contributed by atoms with E-state index in [1.807, 2.05) is 0 Å². The molecular weight excluding hydrogens is 306 g/mol. The summed E-state index contributed by atoms with van der Waals surface area (Å²) in [5.41, 5.74) is 0. The second-order valence-corrected chi connectivity index (χ2v) is 7.47. The van der Waals surface area contributed by atoms with Crippen LogP contribution in [-0.4, -0.2) is 60.3 Å². The molecule has 1 aliphatic heterocycles. The summed E-state index contributed by atoms with van der Waals surface area (Å²) in [6.45, 7) is 4.82. The maximum atomic E-state index is 12.8. The van der Waals surface area contributed by atoms with Gasteiger partial charge in [0.1, 0.15) is 6.10 Å². The normalized spacial score (nSPS) is 29.4. The van der Waals surface area contributed by atoms with Crippen LogP contribution in [0.2, 0.25) is 0 Å². The summed E-state index contributed by atoms with van der Waals surface area (Å²) < 4.78 is 40.3. The molecule has 2 heterocycles. The van der Waals surface area contributed by atoms with Gasteiger partial charge < -0.3 is 14.0 Å². The number of fused-ring (bicyclic) bond motifs is 1. The molecule has 2 fully saturated rings. The molecule has 3 atom stereocenters.